The van der Waals surface area contributed by atoms with Gasteiger partial charge in [-0.15, -0.1) is 0 Å². The van der Waals surface area contributed by atoms with Gasteiger partial charge in [0.1, 0.15) is 5.92 Å². The van der Waals surface area contributed by atoms with E-state index in [1.165, 1.54) is 12.7 Å². The van der Waals surface area contributed by atoms with E-state index < -0.39 is 11.9 Å². The Labute approximate surface area is 130 Å². The quantitative estimate of drug-likeness (QED) is 0.445. The van der Waals surface area contributed by atoms with Crippen LogP contribution in [0.25, 0.3) is 0 Å². The summed E-state index contributed by atoms with van der Waals surface area (Å²) in [4.78, 5) is 24.4. The lowest BCUT2D eigenvalue weighted by Gasteiger charge is -2.13. The summed E-state index contributed by atoms with van der Waals surface area (Å²) < 4.78 is 4.80. The van der Waals surface area contributed by atoms with Gasteiger partial charge in [-0.05, 0) is 24.8 Å². The van der Waals surface area contributed by atoms with Crippen LogP contribution < -0.4 is 0 Å². The Bertz CT molecular complexity index is 605. The number of carbonyl (C=O) groups excluding carboxylic acids is 2. The van der Waals surface area contributed by atoms with Crippen LogP contribution in [0, 0.1) is 5.92 Å². The van der Waals surface area contributed by atoms with Crippen molar-refractivity contribution >= 4 is 11.8 Å². The number of benzene rings is 2. The third kappa shape index (κ3) is 4.29. The number of hydrogen-bond donors (Lipinski definition) is 0. The highest BCUT2D eigenvalue weighted by Crippen LogP contribution is 2.18. The van der Waals surface area contributed by atoms with Gasteiger partial charge in [-0.1, -0.05) is 60.7 Å². The summed E-state index contributed by atoms with van der Waals surface area (Å²) in [6, 6.07) is 18.9. The molecule has 114 valence electrons. The number of aryl methyl sites for hydroxylation is 1. The molecule has 0 amide bonds. The van der Waals surface area contributed by atoms with E-state index in [9.17, 15) is 9.59 Å². The molecule has 0 spiro atoms. The maximum atomic E-state index is 12.5. The molecule has 0 aliphatic rings. The fraction of sp³-hybridized carbons (Fsp3) is 0.263. The molecule has 3 nitrogen and oxygen atoms in total. The van der Waals surface area contributed by atoms with Crippen LogP contribution in [0.15, 0.2) is 60.7 Å². The minimum Gasteiger partial charge on any atom is -0.468 e. The van der Waals surface area contributed by atoms with Crippen molar-refractivity contribution in [3.05, 3.63) is 71.8 Å². The Morgan fingerprint density at radius 1 is 0.955 bits per heavy atom. The van der Waals surface area contributed by atoms with Gasteiger partial charge >= 0.3 is 5.97 Å². The molecule has 0 aliphatic heterocycles. The van der Waals surface area contributed by atoms with Crippen molar-refractivity contribution in [2.75, 3.05) is 7.11 Å². The van der Waals surface area contributed by atoms with Crippen LogP contribution in [0.5, 0.6) is 0 Å². The van der Waals surface area contributed by atoms with E-state index >= 15 is 0 Å². The van der Waals surface area contributed by atoms with E-state index in [0.717, 1.165) is 12.8 Å². The molecule has 2 aromatic carbocycles. The van der Waals surface area contributed by atoms with Crippen LogP contribution in [0.1, 0.15) is 28.8 Å². The predicted octanol–water partition coefficient (Wildman–Crippen LogP) is 3.68. The van der Waals surface area contributed by atoms with Gasteiger partial charge in [-0.25, -0.2) is 0 Å². The average Bonchev–Trinajstić information content (AvgIpc) is 2.59. The molecule has 0 aromatic heterocycles. The Morgan fingerprint density at radius 2 is 1.55 bits per heavy atom. The first kappa shape index (κ1) is 16.0. The number of esters is 1. The van der Waals surface area contributed by atoms with Crippen molar-refractivity contribution in [3.8, 4) is 0 Å². The highest BCUT2D eigenvalue weighted by molar-refractivity contribution is 6.08. The molecule has 2 rings (SSSR count). The van der Waals surface area contributed by atoms with E-state index in [1.807, 2.05) is 36.4 Å². The van der Waals surface area contributed by atoms with Crippen molar-refractivity contribution in [2.24, 2.45) is 5.92 Å². The molecule has 0 N–H and O–H groups in total. The molecule has 0 radical (unpaired) electrons. The lowest BCUT2D eigenvalue weighted by Crippen LogP contribution is -2.25. The third-order valence-corrected chi connectivity index (χ3v) is 3.66. The van der Waals surface area contributed by atoms with Crippen molar-refractivity contribution in [2.45, 2.75) is 19.3 Å². The summed E-state index contributed by atoms with van der Waals surface area (Å²) in [7, 11) is 1.32. The molecule has 3 heteroatoms. The molecule has 0 bridgehead atoms. The lowest BCUT2D eigenvalue weighted by molar-refractivity contribution is -0.143. The molecule has 0 saturated heterocycles. The summed E-state index contributed by atoms with van der Waals surface area (Å²) in [5.41, 5.74) is 1.76. The number of ketones is 1. The summed E-state index contributed by atoms with van der Waals surface area (Å²) >= 11 is 0. The Hall–Kier alpha value is -2.42. The first-order valence-electron chi connectivity index (χ1n) is 7.43. The first-order valence-corrected chi connectivity index (χ1v) is 7.43. The molecule has 0 aliphatic carbocycles. The smallest absolute Gasteiger partial charge is 0.316 e. The maximum Gasteiger partial charge on any atom is 0.316 e. The Morgan fingerprint density at radius 3 is 2.14 bits per heavy atom. The molecule has 22 heavy (non-hydrogen) atoms. The summed E-state index contributed by atoms with van der Waals surface area (Å²) in [5, 5.41) is 0. The van der Waals surface area contributed by atoms with E-state index in [0.29, 0.717) is 12.0 Å². The van der Waals surface area contributed by atoms with E-state index in [4.69, 9.17) is 4.74 Å². The van der Waals surface area contributed by atoms with E-state index in [2.05, 4.69) is 0 Å². The lowest BCUT2D eigenvalue weighted by atomic mass is 9.92. The average molecular weight is 296 g/mol. The number of hydrogen-bond acceptors (Lipinski definition) is 3. The van der Waals surface area contributed by atoms with Crippen molar-refractivity contribution < 1.29 is 14.3 Å². The Kier molecular flexibility index (Phi) is 5.90. The molecular formula is C19H20O3. The topological polar surface area (TPSA) is 43.4 Å². The van der Waals surface area contributed by atoms with Crippen LogP contribution in [-0.2, 0) is 16.0 Å². The van der Waals surface area contributed by atoms with Gasteiger partial charge in [0.15, 0.2) is 5.78 Å². The highest BCUT2D eigenvalue weighted by Gasteiger charge is 2.27. The van der Waals surface area contributed by atoms with Crippen LogP contribution in [0.2, 0.25) is 0 Å². The predicted molar refractivity (Wildman–Crippen MR) is 85.7 cm³/mol. The highest BCUT2D eigenvalue weighted by atomic mass is 16.5. The zero-order valence-electron chi connectivity index (χ0n) is 12.7. The molecule has 2 aromatic rings. The van der Waals surface area contributed by atoms with Gasteiger partial charge in [-0.2, -0.15) is 0 Å². The molecular weight excluding hydrogens is 276 g/mol. The Balaban J connectivity index is 2.01. The van der Waals surface area contributed by atoms with Crippen LogP contribution in [-0.4, -0.2) is 18.9 Å². The number of carbonyl (C=O) groups is 2. The second-order valence-electron chi connectivity index (χ2n) is 5.18. The van der Waals surface area contributed by atoms with Gasteiger partial charge in [0.25, 0.3) is 0 Å². The SMILES string of the molecule is COC(=O)C(CCCc1ccccc1)C(=O)c1ccccc1. The standard InChI is InChI=1S/C19H20O3/c1-22-19(21)17(18(20)16-12-6-3-7-13-16)14-8-11-15-9-4-2-5-10-15/h2-7,9-10,12-13,17H,8,11,14H2,1H3. The fourth-order valence-corrected chi connectivity index (χ4v) is 2.46. The van der Waals surface area contributed by atoms with Crippen molar-refractivity contribution in [1.82, 2.24) is 0 Å². The minimum absolute atomic E-state index is 0.166. The zero-order valence-corrected chi connectivity index (χ0v) is 12.7. The van der Waals surface area contributed by atoms with Crippen LogP contribution in [0.3, 0.4) is 0 Å². The second kappa shape index (κ2) is 8.13. The minimum atomic E-state index is -0.726. The number of rotatable bonds is 7. The maximum absolute atomic E-state index is 12.5. The largest absolute Gasteiger partial charge is 0.468 e. The number of Topliss-reactive ketones (excluding diaryl/α,β-unsaturated/α-hetero) is 1. The van der Waals surface area contributed by atoms with Gasteiger partial charge < -0.3 is 4.74 Å². The molecule has 1 unspecified atom stereocenters. The summed E-state index contributed by atoms with van der Waals surface area (Å²) in [6.07, 6.45) is 2.11. The van der Waals surface area contributed by atoms with E-state index in [1.54, 1.807) is 24.3 Å². The van der Waals surface area contributed by atoms with Gasteiger partial charge in [-0.3, -0.25) is 9.59 Å². The van der Waals surface area contributed by atoms with Crippen LogP contribution >= 0.6 is 0 Å². The molecule has 0 heterocycles. The fourth-order valence-electron chi connectivity index (χ4n) is 2.46. The molecule has 1 atom stereocenters. The monoisotopic (exact) mass is 296 g/mol. The van der Waals surface area contributed by atoms with Gasteiger partial charge in [0.05, 0.1) is 7.11 Å². The zero-order chi connectivity index (χ0) is 15.8. The molecule has 0 fully saturated rings. The summed E-state index contributed by atoms with van der Waals surface area (Å²) in [5.74, 6) is -1.35. The van der Waals surface area contributed by atoms with Gasteiger partial charge in [0.2, 0.25) is 0 Å². The van der Waals surface area contributed by atoms with Gasteiger partial charge in [0, 0.05) is 5.56 Å². The van der Waals surface area contributed by atoms with Crippen LogP contribution in [0.4, 0.5) is 0 Å². The summed E-state index contributed by atoms with van der Waals surface area (Å²) in [6.45, 7) is 0. The van der Waals surface area contributed by atoms with Crippen molar-refractivity contribution in [1.29, 1.82) is 0 Å². The normalized spacial score (nSPS) is 11.7. The number of ether oxygens (including phenoxy) is 1. The second-order valence-corrected chi connectivity index (χ2v) is 5.18. The first-order chi connectivity index (χ1) is 10.7. The molecule has 0 saturated carbocycles. The van der Waals surface area contributed by atoms with Crippen molar-refractivity contribution in [3.63, 3.8) is 0 Å². The number of methoxy groups -OCH3 is 1. The van der Waals surface area contributed by atoms with E-state index in [-0.39, 0.29) is 5.78 Å². The third-order valence-electron chi connectivity index (χ3n) is 3.66.